The van der Waals surface area contributed by atoms with Gasteiger partial charge in [0.15, 0.2) is 34.7 Å². The highest BCUT2D eigenvalue weighted by Gasteiger charge is 2.51. The van der Waals surface area contributed by atoms with Gasteiger partial charge < -0.3 is 79.5 Å². The third-order valence-corrected chi connectivity index (χ3v) is 7.40. The van der Waals surface area contributed by atoms with E-state index in [2.05, 4.69) is 0 Å². The van der Waals surface area contributed by atoms with Crippen LogP contribution in [0, 0.1) is 0 Å². The van der Waals surface area contributed by atoms with Crippen LogP contribution < -0.4 is 10.2 Å². The summed E-state index contributed by atoms with van der Waals surface area (Å²) in [6.07, 6.45) is -17.5. The number of hydrogen-bond acceptors (Lipinski definition) is 17. The van der Waals surface area contributed by atoms with Crippen molar-refractivity contribution in [1.82, 2.24) is 0 Å². The molecule has 3 heterocycles. The molecule has 0 aliphatic carbocycles. The van der Waals surface area contributed by atoms with E-state index in [0.29, 0.717) is 0 Å². The van der Waals surface area contributed by atoms with E-state index in [-0.39, 0.29) is 16.9 Å². The average molecular weight is 627 g/mol. The zero-order valence-electron chi connectivity index (χ0n) is 22.4. The van der Waals surface area contributed by atoms with E-state index in [9.17, 15) is 61.0 Å². The molecule has 2 saturated heterocycles. The number of hydrogen-bond donors (Lipinski definition) is 11. The molecular formula is C27H30O17. The van der Waals surface area contributed by atoms with E-state index >= 15 is 0 Å². The summed E-state index contributed by atoms with van der Waals surface area (Å²) in [5.74, 6) is -3.60. The van der Waals surface area contributed by atoms with Gasteiger partial charge in [-0.2, -0.15) is 0 Å². The molecule has 0 amide bonds. The highest BCUT2D eigenvalue weighted by molar-refractivity contribution is 5.89. The van der Waals surface area contributed by atoms with Crippen molar-refractivity contribution in [2.75, 3.05) is 13.2 Å². The van der Waals surface area contributed by atoms with E-state index < -0.39 is 114 Å². The van der Waals surface area contributed by atoms with Crippen LogP contribution in [-0.2, 0) is 14.2 Å². The van der Waals surface area contributed by atoms with Crippen LogP contribution in [-0.4, -0.2) is 131 Å². The fraction of sp³-hybridized carbons (Fsp3) is 0.444. The molecule has 2 aromatic carbocycles. The summed E-state index contributed by atoms with van der Waals surface area (Å²) in [6, 6.07) is 5.53. The molecule has 17 heteroatoms. The van der Waals surface area contributed by atoms with E-state index in [0.717, 1.165) is 24.3 Å². The third-order valence-electron chi connectivity index (χ3n) is 7.40. The monoisotopic (exact) mass is 626 g/mol. The predicted molar refractivity (Wildman–Crippen MR) is 142 cm³/mol. The maximum absolute atomic E-state index is 12.8. The first-order valence-electron chi connectivity index (χ1n) is 13.2. The molecule has 1 aromatic heterocycles. The molecule has 2 aliphatic rings. The molecule has 17 nitrogen and oxygen atoms in total. The molecule has 0 saturated carbocycles. The van der Waals surface area contributed by atoms with Crippen LogP contribution in [0.1, 0.15) is 0 Å². The molecule has 2 fully saturated rings. The second-order valence-electron chi connectivity index (χ2n) is 10.2. The highest BCUT2D eigenvalue weighted by atomic mass is 16.7. The van der Waals surface area contributed by atoms with E-state index in [1.807, 2.05) is 0 Å². The lowest BCUT2D eigenvalue weighted by molar-refractivity contribution is -0.352. The normalized spacial score (nSPS) is 32.5. The number of phenolic OH excluding ortho intramolecular Hbond substituents is 4. The van der Waals surface area contributed by atoms with Crippen molar-refractivity contribution in [3.63, 3.8) is 0 Å². The first-order valence-corrected chi connectivity index (χ1v) is 13.2. The molecule has 10 atom stereocenters. The van der Waals surface area contributed by atoms with Crippen molar-refractivity contribution < 1.29 is 79.5 Å². The Balaban J connectivity index is 1.46. The summed E-state index contributed by atoms with van der Waals surface area (Å²) < 4.78 is 27.4. The summed E-state index contributed by atoms with van der Waals surface area (Å²) in [5, 5.41) is 111. The SMILES string of the molecule is O=c1cc(-c2ccc(O)c(O)c2)oc2cc(O[C@@H]3O[C@H](CO)[C@@H](O)[C@H](O[C@@H]4O[C@H](CO)[C@@H](O)[C@H](O)[C@H]4O)[C@H]3O)c(O)c(O)c12. The Hall–Kier alpha value is -3.75. The zero-order chi connectivity index (χ0) is 32.0. The first-order chi connectivity index (χ1) is 20.9. The van der Waals surface area contributed by atoms with Gasteiger partial charge in [0.25, 0.3) is 0 Å². The Morgan fingerprint density at radius 2 is 1.36 bits per heavy atom. The molecule has 2 aliphatic heterocycles. The second-order valence-corrected chi connectivity index (χ2v) is 10.2. The largest absolute Gasteiger partial charge is 0.504 e. The molecule has 240 valence electrons. The van der Waals surface area contributed by atoms with Crippen molar-refractivity contribution >= 4 is 11.0 Å². The summed E-state index contributed by atoms with van der Waals surface area (Å²) in [4.78, 5) is 12.8. The van der Waals surface area contributed by atoms with Gasteiger partial charge in [0.1, 0.15) is 65.6 Å². The van der Waals surface area contributed by atoms with Gasteiger partial charge in [-0.15, -0.1) is 0 Å². The Morgan fingerprint density at radius 1 is 0.705 bits per heavy atom. The lowest BCUT2D eigenvalue weighted by Gasteiger charge is -2.45. The van der Waals surface area contributed by atoms with Crippen LogP contribution in [0.3, 0.4) is 0 Å². The topological polar surface area (TPSA) is 290 Å². The van der Waals surface area contributed by atoms with E-state index in [4.69, 9.17) is 23.4 Å². The van der Waals surface area contributed by atoms with Gasteiger partial charge in [-0.1, -0.05) is 0 Å². The van der Waals surface area contributed by atoms with E-state index in [1.54, 1.807) is 0 Å². The Labute approximate surface area is 246 Å². The summed E-state index contributed by atoms with van der Waals surface area (Å²) >= 11 is 0. The van der Waals surface area contributed by atoms with Crippen LogP contribution in [0.2, 0.25) is 0 Å². The van der Waals surface area contributed by atoms with Crippen molar-refractivity contribution in [2.24, 2.45) is 0 Å². The van der Waals surface area contributed by atoms with Crippen LogP contribution >= 0.6 is 0 Å². The number of rotatable bonds is 7. The van der Waals surface area contributed by atoms with Crippen LogP contribution in [0.4, 0.5) is 0 Å². The number of benzene rings is 2. The van der Waals surface area contributed by atoms with Gasteiger partial charge in [0.05, 0.1) is 13.2 Å². The Morgan fingerprint density at radius 3 is 2.02 bits per heavy atom. The fourth-order valence-corrected chi connectivity index (χ4v) is 4.95. The third kappa shape index (κ3) is 5.61. The molecule has 5 rings (SSSR count). The molecular weight excluding hydrogens is 596 g/mol. The fourth-order valence-electron chi connectivity index (χ4n) is 4.95. The second kappa shape index (κ2) is 12.3. The van der Waals surface area contributed by atoms with Crippen molar-refractivity contribution in [2.45, 2.75) is 61.4 Å². The number of aliphatic hydroxyl groups excluding tert-OH is 7. The molecule has 0 radical (unpaired) electrons. The van der Waals surface area contributed by atoms with Crippen molar-refractivity contribution in [3.05, 3.63) is 40.6 Å². The summed E-state index contributed by atoms with van der Waals surface area (Å²) in [7, 11) is 0. The molecule has 44 heavy (non-hydrogen) atoms. The number of aliphatic hydroxyl groups is 7. The van der Waals surface area contributed by atoms with Crippen molar-refractivity contribution in [1.29, 1.82) is 0 Å². The summed E-state index contributed by atoms with van der Waals surface area (Å²) in [6.45, 7) is -1.64. The predicted octanol–water partition coefficient (Wildman–Crippen LogP) is -2.71. The van der Waals surface area contributed by atoms with Gasteiger partial charge in [-0.3, -0.25) is 4.79 Å². The number of aromatic hydroxyl groups is 4. The molecule has 0 bridgehead atoms. The molecule has 11 N–H and O–H groups in total. The molecule has 3 aromatic rings. The maximum Gasteiger partial charge on any atom is 0.229 e. The zero-order valence-corrected chi connectivity index (χ0v) is 22.4. The Bertz CT molecular complexity index is 1560. The van der Waals surface area contributed by atoms with Gasteiger partial charge in [-0.05, 0) is 18.2 Å². The highest BCUT2D eigenvalue weighted by Crippen LogP contribution is 2.43. The number of ether oxygens (including phenoxy) is 4. The number of fused-ring (bicyclic) bond motifs is 1. The van der Waals surface area contributed by atoms with Gasteiger partial charge in [0, 0.05) is 17.7 Å². The van der Waals surface area contributed by atoms with Crippen LogP contribution in [0.25, 0.3) is 22.3 Å². The van der Waals surface area contributed by atoms with Gasteiger partial charge in [0.2, 0.25) is 12.0 Å². The lowest BCUT2D eigenvalue weighted by atomic mass is 9.97. The summed E-state index contributed by atoms with van der Waals surface area (Å²) in [5.41, 5.74) is -0.976. The van der Waals surface area contributed by atoms with Crippen LogP contribution in [0.5, 0.6) is 28.7 Å². The lowest BCUT2D eigenvalue weighted by Crippen LogP contribution is -2.65. The average Bonchev–Trinajstić information content (AvgIpc) is 3.00. The van der Waals surface area contributed by atoms with Gasteiger partial charge in [-0.25, -0.2) is 0 Å². The molecule has 0 spiro atoms. The number of phenols is 4. The minimum atomic E-state index is -1.98. The minimum Gasteiger partial charge on any atom is -0.504 e. The quantitative estimate of drug-likeness (QED) is 0.119. The van der Waals surface area contributed by atoms with Crippen LogP contribution in [0.15, 0.2) is 39.5 Å². The standard InChI is InChI=1S/C27H30O17/c28-6-15-19(34)22(37)23(38)26(42-15)44-25-20(35)16(7-29)43-27(24(25)39)41-14-5-13-17(21(36)18(14)33)11(32)4-12(40-13)8-1-2-9(30)10(31)3-8/h1-5,15-16,19-20,22-31,33-39H,6-7H2/t15-,16-,19-,20-,22+,23-,24-,25+,26+,27-/m1/s1. The maximum atomic E-state index is 12.8. The smallest absolute Gasteiger partial charge is 0.229 e. The minimum absolute atomic E-state index is 0.112. The first kappa shape index (κ1) is 31.7. The Kier molecular flexibility index (Phi) is 8.87. The molecule has 0 unspecified atom stereocenters. The van der Waals surface area contributed by atoms with Gasteiger partial charge >= 0.3 is 0 Å². The van der Waals surface area contributed by atoms with E-state index in [1.165, 1.54) is 6.07 Å². The van der Waals surface area contributed by atoms with Crippen molar-refractivity contribution in [3.8, 4) is 40.1 Å².